The average molecular weight is 278 g/mol. The molecule has 4 heteroatoms. The predicted octanol–water partition coefficient (Wildman–Crippen LogP) is 3.22. The van der Waals surface area contributed by atoms with Gasteiger partial charge in [0.25, 0.3) is 5.91 Å². The fraction of sp³-hybridized carbons (Fsp3) is 0.0588. The molecule has 21 heavy (non-hydrogen) atoms. The molecule has 1 heterocycles. The van der Waals surface area contributed by atoms with Gasteiger partial charge in [-0.25, -0.2) is 0 Å². The van der Waals surface area contributed by atoms with Crippen molar-refractivity contribution in [2.45, 2.75) is 0 Å². The molecule has 4 nitrogen and oxygen atoms in total. The quantitative estimate of drug-likeness (QED) is 0.783. The lowest BCUT2D eigenvalue weighted by molar-refractivity contribution is 0.0990. The zero-order valence-electron chi connectivity index (χ0n) is 11.5. The fourth-order valence-electron chi connectivity index (χ4n) is 2.24. The molecule has 0 fully saturated rings. The Bertz CT molecular complexity index is 792. The van der Waals surface area contributed by atoms with Crippen LogP contribution >= 0.6 is 0 Å². The highest BCUT2D eigenvalue weighted by Crippen LogP contribution is 2.22. The molecule has 1 N–H and O–H groups in total. The fourth-order valence-corrected chi connectivity index (χ4v) is 2.24. The maximum Gasteiger partial charge on any atom is 0.277 e. The number of pyridine rings is 1. The normalized spacial score (nSPS) is 10.5. The zero-order valence-corrected chi connectivity index (χ0v) is 11.5. The van der Waals surface area contributed by atoms with E-state index in [1.165, 1.54) is 4.90 Å². The van der Waals surface area contributed by atoms with Crippen LogP contribution in [-0.4, -0.2) is 23.0 Å². The lowest BCUT2D eigenvalue weighted by Crippen LogP contribution is -2.27. The highest BCUT2D eigenvalue weighted by Gasteiger charge is 2.17. The number of benzene rings is 2. The first kappa shape index (κ1) is 13.1. The number of nitrogens with zero attached hydrogens (tertiary/aromatic N) is 2. The van der Waals surface area contributed by atoms with E-state index in [1.54, 1.807) is 37.5 Å². The molecule has 0 aliphatic rings. The Morgan fingerprint density at radius 3 is 2.52 bits per heavy atom. The summed E-state index contributed by atoms with van der Waals surface area (Å²) < 4.78 is 0. The molecule has 0 aliphatic heterocycles. The number of carbonyl (C=O) groups is 1. The van der Waals surface area contributed by atoms with E-state index >= 15 is 0 Å². The third-order valence-electron chi connectivity index (χ3n) is 3.42. The van der Waals surface area contributed by atoms with Gasteiger partial charge >= 0.3 is 0 Å². The van der Waals surface area contributed by atoms with Crippen LogP contribution in [0.2, 0.25) is 0 Å². The van der Waals surface area contributed by atoms with Gasteiger partial charge in [0.2, 0.25) is 0 Å². The van der Waals surface area contributed by atoms with Gasteiger partial charge in [-0.3, -0.25) is 9.78 Å². The monoisotopic (exact) mass is 278 g/mol. The third kappa shape index (κ3) is 2.43. The number of hydrogen-bond donors (Lipinski definition) is 1. The van der Waals surface area contributed by atoms with Crippen molar-refractivity contribution in [2.24, 2.45) is 0 Å². The molecule has 0 atom stereocenters. The molecule has 0 unspecified atom stereocenters. The first-order chi connectivity index (χ1) is 10.2. The first-order valence-corrected chi connectivity index (χ1v) is 6.57. The van der Waals surface area contributed by atoms with Gasteiger partial charge < -0.3 is 10.0 Å². The number of phenols is 1. The van der Waals surface area contributed by atoms with E-state index in [0.29, 0.717) is 11.4 Å². The van der Waals surface area contributed by atoms with Crippen LogP contribution in [0.1, 0.15) is 10.5 Å². The van der Waals surface area contributed by atoms with Crippen LogP contribution in [0.15, 0.2) is 60.8 Å². The average Bonchev–Trinajstić information content (AvgIpc) is 2.53. The van der Waals surface area contributed by atoms with Crippen LogP contribution in [0.25, 0.3) is 10.8 Å². The zero-order chi connectivity index (χ0) is 14.8. The number of aromatic hydroxyl groups is 1. The molecule has 104 valence electrons. The molecule has 2 aromatic carbocycles. The van der Waals surface area contributed by atoms with Gasteiger partial charge in [0, 0.05) is 24.3 Å². The van der Waals surface area contributed by atoms with Gasteiger partial charge in [-0.2, -0.15) is 0 Å². The minimum Gasteiger partial charge on any atom is -0.508 e. The molecule has 0 spiro atoms. The molecular weight excluding hydrogens is 264 g/mol. The topological polar surface area (TPSA) is 53.4 Å². The second-order valence-electron chi connectivity index (χ2n) is 4.76. The molecular formula is C17H14N2O2. The third-order valence-corrected chi connectivity index (χ3v) is 3.42. The van der Waals surface area contributed by atoms with Crippen LogP contribution in [0.3, 0.4) is 0 Å². The van der Waals surface area contributed by atoms with Gasteiger partial charge in [0.05, 0.1) is 0 Å². The Balaban J connectivity index is 2.02. The summed E-state index contributed by atoms with van der Waals surface area (Å²) in [6.07, 6.45) is 1.64. The Morgan fingerprint density at radius 2 is 1.76 bits per heavy atom. The van der Waals surface area contributed by atoms with Crippen molar-refractivity contribution in [3.05, 3.63) is 66.5 Å². The smallest absolute Gasteiger partial charge is 0.277 e. The highest BCUT2D eigenvalue weighted by atomic mass is 16.3. The number of phenolic OH excluding ortho intramolecular Hbond substituents is 1. The van der Waals surface area contributed by atoms with Gasteiger partial charge in [0.15, 0.2) is 0 Å². The Kier molecular flexibility index (Phi) is 3.28. The summed E-state index contributed by atoms with van der Waals surface area (Å²) >= 11 is 0. The number of anilines is 1. The van der Waals surface area contributed by atoms with Crippen molar-refractivity contribution in [1.29, 1.82) is 0 Å². The minimum absolute atomic E-state index is 0.169. The molecule has 1 amide bonds. The summed E-state index contributed by atoms with van der Waals surface area (Å²) in [6.45, 7) is 0. The minimum atomic E-state index is -0.183. The number of aromatic nitrogens is 1. The number of carbonyl (C=O) groups excluding carboxylic acids is 1. The van der Waals surface area contributed by atoms with Gasteiger partial charge in [0.1, 0.15) is 11.4 Å². The summed E-state index contributed by atoms with van der Waals surface area (Å²) in [7, 11) is 1.69. The molecule has 3 aromatic rings. The highest BCUT2D eigenvalue weighted by molar-refractivity contribution is 6.12. The van der Waals surface area contributed by atoms with Crippen molar-refractivity contribution in [2.75, 3.05) is 11.9 Å². The van der Waals surface area contributed by atoms with E-state index in [1.807, 2.05) is 30.3 Å². The van der Waals surface area contributed by atoms with Crippen LogP contribution in [-0.2, 0) is 0 Å². The summed E-state index contributed by atoms with van der Waals surface area (Å²) in [5.74, 6) is -0.0135. The van der Waals surface area contributed by atoms with Crippen molar-refractivity contribution in [3.63, 3.8) is 0 Å². The van der Waals surface area contributed by atoms with Gasteiger partial charge in [-0.15, -0.1) is 0 Å². The largest absolute Gasteiger partial charge is 0.508 e. The van der Waals surface area contributed by atoms with Gasteiger partial charge in [-0.05, 0) is 35.7 Å². The van der Waals surface area contributed by atoms with Crippen molar-refractivity contribution in [1.82, 2.24) is 4.98 Å². The molecule has 0 saturated carbocycles. The van der Waals surface area contributed by atoms with Crippen molar-refractivity contribution < 1.29 is 9.90 Å². The van der Waals surface area contributed by atoms with E-state index in [-0.39, 0.29) is 11.7 Å². The Hall–Kier alpha value is -2.88. The Morgan fingerprint density at radius 1 is 1.05 bits per heavy atom. The van der Waals surface area contributed by atoms with E-state index in [9.17, 15) is 9.90 Å². The predicted molar refractivity (Wildman–Crippen MR) is 82.6 cm³/mol. The van der Waals surface area contributed by atoms with Crippen LogP contribution < -0.4 is 4.90 Å². The maximum atomic E-state index is 12.6. The van der Waals surface area contributed by atoms with Crippen molar-refractivity contribution >= 4 is 22.4 Å². The van der Waals surface area contributed by atoms with Crippen LogP contribution in [0, 0.1) is 0 Å². The van der Waals surface area contributed by atoms with E-state index in [0.717, 1.165) is 10.8 Å². The Labute approximate surface area is 122 Å². The number of hydrogen-bond acceptors (Lipinski definition) is 3. The number of rotatable bonds is 2. The SMILES string of the molecule is CN(C(=O)c1nccc2ccccc12)c1ccc(O)cc1. The van der Waals surface area contributed by atoms with E-state index in [4.69, 9.17) is 0 Å². The number of fused-ring (bicyclic) bond motifs is 1. The molecule has 1 aromatic heterocycles. The summed E-state index contributed by atoms with van der Waals surface area (Å²) in [6, 6.07) is 16.0. The molecule has 0 aliphatic carbocycles. The standard InChI is InChI=1S/C17H14N2O2/c1-19(13-6-8-14(20)9-7-13)17(21)16-15-5-3-2-4-12(15)10-11-18-16/h2-11,20H,1H3. The van der Waals surface area contributed by atoms with E-state index in [2.05, 4.69) is 4.98 Å². The summed E-state index contributed by atoms with van der Waals surface area (Å²) in [4.78, 5) is 18.4. The maximum absolute atomic E-state index is 12.6. The van der Waals surface area contributed by atoms with E-state index < -0.39 is 0 Å². The van der Waals surface area contributed by atoms with Crippen LogP contribution in [0.5, 0.6) is 5.75 Å². The van der Waals surface area contributed by atoms with Crippen LogP contribution in [0.4, 0.5) is 5.69 Å². The second-order valence-corrected chi connectivity index (χ2v) is 4.76. The van der Waals surface area contributed by atoms with Gasteiger partial charge in [-0.1, -0.05) is 24.3 Å². The summed E-state index contributed by atoms with van der Waals surface area (Å²) in [5.41, 5.74) is 1.12. The summed E-state index contributed by atoms with van der Waals surface area (Å²) in [5, 5.41) is 11.1. The lowest BCUT2D eigenvalue weighted by atomic mass is 10.1. The number of amides is 1. The first-order valence-electron chi connectivity index (χ1n) is 6.57. The van der Waals surface area contributed by atoms with Crippen molar-refractivity contribution in [3.8, 4) is 5.75 Å². The molecule has 0 saturated heterocycles. The molecule has 3 rings (SSSR count). The second kappa shape index (κ2) is 5.25. The lowest BCUT2D eigenvalue weighted by Gasteiger charge is -2.17. The molecule has 0 radical (unpaired) electrons. The molecule has 0 bridgehead atoms.